The minimum Gasteiger partial charge on any atom is -0.352 e. The van der Waals surface area contributed by atoms with E-state index in [-0.39, 0.29) is 24.1 Å². The molecule has 6 nitrogen and oxygen atoms in total. The average Bonchev–Trinajstić information content (AvgIpc) is 3.12. The van der Waals surface area contributed by atoms with Crippen LogP contribution in [0.3, 0.4) is 0 Å². The Bertz CT molecular complexity index is 1340. The molecule has 2 aromatic heterocycles. The second kappa shape index (κ2) is 8.82. The minimum atomic E-state index is -0.0929. The zero-order chi connectivity index (χ0) is 22.1. The van der Waals surface area contributed by atoms with Gasteiger partial charge in [0.1, 0.15) is 17.6 Å². The van der Waals surface area contributed by atoms with Crippen molar-refractivity contribution >= 4 is 39.6 Å². The van der Waals surface area contributed by atoms with Crippen molar-refractivity contribution in [2.45, 2.75) is 50.5 Å². The molecule has 164 valence electrons. The maximum absolute atomic E-state index is 13.4. The van der Waals surface area contributed by atoms with Gasteiger partial charge in [-0.25, -0.2) is 4.98 Å². The molecule has 5 rings (SSSR count). The van der Waals surface area contributed by atoms with Gasteiger partial charge in [-0.3, -0.25) is 14.2 Å². The molecule has 7 heteroatoms. The van der Waals surface area contributed by atoms with Crippen molar-refractivity contribution in [1.82, 2.24) is 19.4 Å². The number of aryl methyl sites for hydroxylation is 1. The van der Waals surface area contributed by atoms with Crippen molar-refractivity contribution in [3.05, 3.63) is 70.5 Å². The lowest BCUT2D eigenvalue weighted by Crippen LogP contribution is -2.36. The number of para-hydroxylation sites is 1. The van der Waals surface area contributed by atoms with Gasteiger partial charge in [-0.15, -0.1) is 0 Å². The summed E-state index contributed by atoms with van der Waals surface area (Å²) in [7, 11) is 0. The number of fused-ring (bicyclic) bond motifs is 4. The second-order valence-corrected chi connectivity index (χ2v) is 9.41. The monoisotopic (exact) mass is 446 g/mol. The van der Waals surface area contributed by atoms with Gasteiger partial charge in [0.15, 0.2) is 5.16 Å². The number of hydrogen-bond acceptors (Lipinski definition) is 4. The summed E-state index contributed by atoms with van der Waals surface area (Å²) >= 11 is 1.62. The first kappa shape index (κ1) is 20.8. The Kier molecular flexibility index (Phi) is 5.74. The van der Waals surface area contributed by atoms with E-state index in [9.17, 15) is 9.59 Å². The van der Waals surface area contributed by atoms with Crippen molar-refractivity contribution < 1.29 is 4.79 Å². The Labute approximate surface area is 190 Å². The van der Waals surface area contributed by atoms with E-state index >= 15 is 0 Å². The number of carbonyl (C=O) groups excluding carboxylic acids is 1. The highest BCUT2D eigenvalue weighted by atomic mass is 32.2. The number of benzene rings is 2. The van der Waals surface area contributed by atoms with E-state index in [1.165, 1.54) is 5.56 Å². The van der Waals surface area contributed by atoms with E-state index in [0.29, 0.717) is 17.6 Å². The molecule has 32 heavy (non-hydrogen) atoms. The summed E-state index contributed by atoms with van der Waals surface area (Å²) in [6.45, 7) is 2.80. The fourth-order valence-electron chi connectivity index (χ4n) is 4.41. The predicted octanol–water partition coefficient (Wildman–Crippen LogP) is 3.98. The molecular weight excluding hydrogens is 420 g/mol. The number of nitrogens with one attached hydrogen (secondary N) is 1. The molecule has 1 aliphatic heterocycles. The minimum absolute atomic E-state index is 0.0409. The van der Waals surface area contributed by atoms with Gasteiger partial charge in [-0.2, -0.15) is 0 Å². The molecule has 4 aromatic rings. The molecule has 0 aliphatic carbocycles. The van der Waals surface area contributed by atoms with Crippen molar-refractivity contribution in [3.8, 4) is 0 Å². The molecule has 1 unspecified atom stereocenters. The fraction of sp³-hybridized carbons (Fsp3) is 0.320. The normalized spacial score (nSPS) is 14.4. The molecule has 1 amide bonds. The van der Waals surface area contributed by atoms with E-state index in [1.807, 2.05) is 54.0 Å². The van der Waals surface area contributed by atoms with Gasteiger partial charge in [-0.05, 0) is 37.8 Å². The van der Waals surface area contributed by atoms with Crippen LogP contribution in [0.4, 0.5) is 0 Å². The van der Waals surface area contributed by atoms with E-state index in [4.69, 9.17) is 4.98 Å². The number of aromatic nitrogens is 3. The lowest BCUT2D eigenvalue weighted by molar-refractivity contribution is -0.122. The Hall–Kier alpha value is -3.06. The second-order valence-electron chi connectivity index (χ2n) is 8.35. The molecule has 0 spiro atoms. The largest absolute Gasteiger partial charge is 0.352 e. The Balaban J connectivity index is 1.43. The van der Waals surface area contributed by atoms with E-state index in [0.717, 1.165) is 41.1 Å². The first-order valence-corrected chi connectivity index (χ1v) is 12.1. The van der Waals surface area contributed by atoms with Gasteiger partial charge in [0.25, 0.3) is 5.56 Å². The average molecular weight is 447 g/mol. The van der Waals surface area contributed by atoms with E-state index in [1.54, 1.807) is 16.3 Å². The molecular formula is C25H26N4O2S. The topological polar surface area (TPSA) is 68.9 Å². The first-order valence-electron chi connectivity index (χ1n) is 11.1. The molecule has 0 saturated heterocycles. The summed E-state index contributed by atoms with van der Waals surface area (Å²) in [4.78, 5) is 31.2. The highest BCUT2D eigenvalue weighted by molar-refractivity contribution is 7.99. The van der Waals surface area contributed by atoms with Crippen LogP contribution < -0.4 is 10.9 Å². The number of thioether (sulfide) groups is 1. The molecule has 2 aromatic carbocycles. The standard InChI is InChI=1S/C25H26N4O2S/c1-17(12-13-18-8-3-2-4-9-18)26-21(30)16-29-20-11-6-5-10-19(20)22-23(29)24(31)28-14-7-15-32-25(28)27-22/h2-6,8-11,17H,7,12-16H2,1H3,(H,26,30). The predicted molar refractivity (Wildman–Crippen MR) is 129 cm³/mol. The lowest BCUT2D eigenvalue weighted by Gasteiger charge is -2.17. The number of hydrogen-bond donors (Lipinski definition) is 1. The summed E-state index contributed by atoms with van der Waals surface area (Å²) in [6.07, 6.45) is 2.72. The van der Waals surface area contributed by atoms with E-state index in [2.05, 4.69) is 17.4 Å². The number of nitrogens with zero attached hydrogens (tertiary/aromatic N) is 3. The zero-order valence-electron chi connectivity index (χ0n) is 18.1. The molecule has 3 heterocycles. The van der Waals surface area contributed by atoms with E-state index < -0.39 is 0 Å². The van der Waals surface area contributed by atoms with Crippen molar-refractivity contribution in [2.24, 2.45) is 0 Å². The first-order chi connectivity index (χ1) is 15.6. The van der Waals surface area contributed by atoms with Crippen LogP contribution in [0.15, 0.2) is 64.5 Å². The smallest absolute Gasteiger partial charge is 0.278 e. The lowest BCUT2D eigenvalue weighted by atomic mass is 10.1. The molecule has 1 N–H and O–H groups in total. The Morgan fingerprint density at radius 3 is 2.78 bits per heavy atom. The number of rotatable bonds is 6. The maximum Gasteiger partial charge on any atom is 0.278 e. The summed E-state index contributed by atoms with van der Waals surface area (Å²) in [6, 6.07) is 18.1. The van der Waals surface area contributed by atoms with Gasteiger partial charge >= 0.3 is 0 Å². The van der Waals surface area contributed by atoms with Crippen LogP contribution in [0.5, 0.6) is 0 Å². The van der Waals surface area contributed by atoms with Gasteiger partial charge in [0.2, 0.25) is 5.91 Å². The van der Waals surface area contributed by atoms with Gasteiger partial charge in [0, 0.05) is 23.7 Å². The summed E-state index contributed by atoms with van der Waals surface area (Å²) in [5.74, 6) is 0.879. The van der Waals surface area contributed by atoms with Crippen LogP contribution in [0, 0.1) is 0 Å². The van der Waals surface area contributed by atoms with Crippen molar-refractivity contribution in [2.75, 3.05) is 5.75 Å². The number of carbonyl (C=O) groups is 1. The Morgan fingerprint density at radius 1 is 1.16 bits per heavy atom. The summed E-state index contributed by atoms with van der Waals surface area (Å²) in [5.41, 5.74) is 3.28. The van der Waals surface area contributed by atoms with Gasteiger partial charge in [0.05, 0.1) is 5.52 Å². The Morgan fingerprint density at radius 2 is 1.94 bits per heavy atom. The SMILES string of the molecule is CC(CCc1ccccc1)NC(=O)Cn1c2ccccc2c2nc3n(c(=O)c21)CCCS3. The van der Waals surface area contributed by atoms with Gasteiger partial charge < -0.3 is 9.88 Å². The summed E-state index contributed by atoms with van der Waals surface area (Å²) in [5, 5.41) is 4.80. The van der Waals surface area contributed by atoms with Crippen LogP contribution in [0.25, 0.3) is 21.9 Å². The molecule has 0 radical (unpaired) electrons. The third-order valence-corrected chi connectivity index (χ3v) is 7.07. The van der Waals surface area contributed by atoms with Crippen LogP contribution in [0.2, 0.25) is 0 Å². The maximum atomic E-state index is 13.4. The summed E-state index contributed by atoms with van der Waals surface area (Å²) < 4.78 is 3.60. The molecule has 0 fully saturated rings. The van der Waals surface area contributed by atoms with Crippen LogP contribution in [-0.2, 0) is 24.3 Å². The fourth-order valence-corrected chi connectivity index (χ4v) is 5.35. The number of amides is 1. The van der Waals surface area contributed by atoms with Crippen LogP contribution in [-0.4, -0.2) is 31.8 Å². The molecule has 1 aliphatic rings. The van der Waals surface area contributed by atoms with Crippen LogP contribution in [0.1, 0.15) is 25.3 Å². The third kappa shape index (κ3) is 3.93. The third-order valence-electron chi connectivity index (χ3n) is 6.01. The van der Waals surface area contributed by atoms with Crippen LogP contribution >= 0.6 is 11.8 Å². The molecule has 0 bridgehead atoms. The van der Waals surface area contributed by atoms with Gasteiger partial charge in [-0.1, -0.05) is 60.3 Å². The van der Waals surface area contributed by atoms with Crippen molar-refractivity contribution in [3.63, 3.8) is 0 Å². The molecule has 1 atom stereocenters. The highest BCUT2D eigenvalue weighted by Gasteiger charge is 2.22. The highest BCUT2D eigenvalue weighted by Crippen LogP contribution is 2.29. The molecule has 0 saturated carbocycles. The quantitative estimate of drug-likeness (QED) is 0.455. The zero-order valence-corrected chi connectivity index (χ0v) is 18.9. The van der Waals surface area contributed by atoms with Crippen molar-refractivity contribution in [1.29, 1.82) is 0 Å².